The Balaban J connectivity index is 1.82. The van der Waals surface area contributed by atoms with Gasteiger partial charge in [-0.2, -0.15) is 0 Å². The second-order valence-electron chi connectivity index (χ2n) is 5.65. The normalized spacial score (nSPS) is 10.4. The number of amides is 1. The lowest BCUT2D eigenvalue weighted by atomic mass is 10.0. The molecule has 0 aromatic heterocycles. The van der Waals surface area contributed by atoms with Crippen LogP contribution in [0.4, 0.5) is 0 Å². The predicted octanol–water partition coefficient (Wildman–Crippen LogP) is 4.44. The Labute approximate surface area is 124 Å². The van der Waals surface area contributed by atoms with Crippen molar-refractivity contribution in [2.45, 2.75) is 57.8 Å². The predicted molar refractivity (Wildman–Crippen MR) is 85.8 cm³/mol. The summed E-state index contributed by atoms with van der Waals surface area (Å²) >= 11 is 0. The Kier molecular flexibility index (Phi) is 9.64. The fourth-order valence-corrected chi connectivity index (χ4v) is 2.45. The molecule has 2 nitrogen and oxygen atoms in total. The molecule has 1 amide bonds. The van der Waals surface area contributed by atoms with Crippen LogP contribution in [-0.2, 0) is 11.2 Å². The van der Waals surface area contributed by atoms with Crippen molar-refractivity contribution in [1.82, 2.24) is 4.90 Å². The highest BCUT2D eigenvalue weighted by atomic mass is 16.1. The van der Waals surface area contributed by atoms with Crippen LogP contribution >= 0.6 is 0 Å². The van der Waals surface area contributed by atoms with E-state index in [1.807, 2.05) is 7.05 Å². The third-order valence-corrected chi connectivity index (χ3v) is 3.75. The second-order valence-corrected chi connectivity index (χ2v) is 5.65. The molecule has 0 spiro atoms. The van der Waals surface area contributed by atoms with E-state index in [0.29, 0.717) is 0 Å². The largest absolute Gasteiger partial charge is 0.348 e. The molecule has 1 rings (SSSR count). The van der Waals surface area contributed by atoms with Crippen LogP contribution in [-0.4, -0.2) is 24.9 Å². The number of carbonyl (C=O) groups is 1. The summed E-state index contributed by atoms with van der Waals surface area (Å²) < 4.78 is 0. The number of benzene rings is 1. The van der Waals surface area contributed by atoms with Gasteiger partial charge in [-0.3, -0.25) is 4.79 Å². The molecule has 2 heteroatoms. The number of carbonyl (C=O) groups excluding carboxylic acids is 1. The molecule has 0 radical (unpaired) electrons. The molecule has 1 aromatic rings. The molecule has 0 bridgehead atoms. The summed E-state index contributed by atoms with van der Waals surface area (Å²) in [5.74, 6) is 0. The molecule has 1 aromatic carbocycles. The zero-order valence-corrected chi connectivity index (χ0v) is 12.9. The first kappa shape index (κ1) is 16.7. The minimum Gasteiger partial charge on any atom is -0.348 e. The Morgan fingerprint density at radius 3 is 2.00 bits per heavy atom. The molecule has 0 unspecified atom stereocenters. The molecule has 20 heavy (non-hydrogen) atoms. The van der Waals surface area contributed by atoms with Crippen molar-refractivity contribution in [3.05, 3.63) is 35.9 Å². The van der Waals surface area contributed by atoms with E-state index in [1.165, 1.54) is 56.9 Å². The first-order valence-electron chi connectivity index (χ1n) is 8.02. The molecular formula is C18H29NO. The van der Waals surface area contributed by atoms with Gasteiger partial charge < -0.3 is 4.90 Å². The summed E-state index contributed by atoms with van der Waals surface area (Å²) in [5, 5.41) is 0. The van der Waals surface area contributed by atoms with Gasteiger partial charge in [0.1, 0.15) is 0 Å². The van der Waals surface area contributed by atoms with Crippen LogP contribution < -0.4 is 0 Å². The Morgan fingerprint density at radius 2 is 1.40 bits per heavy atom. The molecule has 0 aliphatic heterocycles. The van der Waals surface area contributed by atoms with Crippen molar-refractivity contribution in [2.75, 3.05) is 13.6 Å². The maximum absolute atomic E-state index is 10.4. The van der Waals surface area contributed by atoms with E-state index in [0.717, 1.165) is 19.4 Å². The summed E-state index contributed by atoms with van der Waals surface area (Å²) in [7, 11) is 1.85. The Hall–Kier alpha value is -1.31. The Morgan fingerprint density at radius 1 is 0.850 bits per heavy atom. The lowest BCUT2D eigenvalue weighted by Gasteiger charge is -2.09. The van der Waals surface area contributed by atoms with Crippen LogP contribution in [0.5, 0.6) is 0 Å². The summed E-state index contributed by atoms with van der Waals surface area (Å²) in [6.07, 6.45) is 12.6. The van der Waals surface area contributed by atoms with E-state index in [4.69, 9.17) is 0 Å². The first-order chi connectivity index (χ1) is 9.83. The number of aryl methyl sites for hydroxylation is 1. The van der Waals surface area contributed by atoms with E-state index in [9.17, 15) is 4.79 Å². The Bertz CT molecular complexity index is 337. The van der Waals surface area contributed by atoms with Gasteiger partial charge in [-0.05, 0) is 24.8 Å². The van der Waals surface area contributed by atoms with E-state index in [1.54, 1.807) is 4.90 Å². The minimum atomic E-state index is 0.903. The molecule has 0 N–H and O–H groups in total. The minimum absolute atomic E-state index is 0.903. The van der Waals surface area contributed by atoms with Gasteiger partial charge in [0.05, 0.1) is 0 Å². The van der Waals surface area contributed by atoms with Gasteiger partial charge in [0.15, 0.2) is 0 Å². The number of nitrogens with zero attached hydrogens (tertiary/aromatic N) is 1. The highest BCUT2D eigenvalue weighted by molar-refractivity contribution is 5.46. The van der Waals surface area contributed by atoms with Crippen molar-refractivity contribution >= 4 is 6.41 Å². The van der Waals surface area contributed by atoms with Crippen LogP contribution in [0.2, 0.25) is 0 Å². The van der Waals surface area contributed by atoms with Crippen LogP contribution in [0.1, 0.15) is 56.9 Å². The molecule has 0 fully saturated rings. The number of hydrogen-bond acceptors (Lipinski definition) is 1. The van der Waals surface area contributed by atoms with Crippen molar-refractivity contribution in [1.29, 1.82) is 0 Å². The molecule has 0 atom stereocenters. The van der Waals surface area contributed by atoms with E-state index in [2.05, 4.69) is 30.3 Å². The van der Waals surface area contributed by atoms with Gasteiger partial charge in [0, 0.05) is 13.6 Å². The maximum atomic E-state index is 10.4. The molecule has 112 valence electrons. The molecule has 0 heterocycles. The van der Waals surface area contributed by atoms with E-state index < -0.39 is 0 Å². The van der Waals surface area contributed by atoms with Gasteiger partial charge >= 0.3 is 0 Å². The molecule has 0 aliphatic rings. The van der Waals surface area contributed by atoms with E-state index in [-0.39, 0.29) is 0 Å². The van der Waals surface area contributed by atoms with Crippen LogP contribution in [0.25, 0.3) is 0 Å². The second kappa shape index (κ2) is 11.5. The molecular weight excluding hydrogens is 246 g/mol. The third-order valence-electron chi connectivity index (χ3n) is 3.75. The first-order valence-corrected chi connectivity index (χ1v) is 8.02. The highest BCUT2D eigenvalue weighted by Crippen LogP contribution is 2.11. The summed E-state index contributed by atoms with van der Waals surface area (Å²) in [6.45, 7) is 0.903. The monoisotopic (exact) mass is 275 g/mol. The molecule has 0 saturated carbocycles. The van der Waals surface area contributed by atoms with Crippen molar-refractivity contribution < 1.29 is 4.79 Å². The quantitative estimate of drug-likeness (QED) is 0.408. The highest BCUT2D eigenvalue weighted by Gasteiger charge is 1.95. The van der Waals surface area contributed by atoms with Crippen LogP contribution in [0.3, 0.4) is 0 Å². The average molecular weight is 275 g/mol. The zero-order valence-electron chi connectivity index (χ0n) is 12.9. The smallest absolute Gasteiger partial charge is 0.209 e. The van der Waals surface area contributed by atoms with Gasteiger partial charge in [-0.25, -0.2) is 0 Å². The fourth-order valence-electron chi connectivity index (χ4n) is 2.45. The van der Waals surface area contributed by atoms with Crippen LogP contribution in [0.15, 0.2) is 30.3 Å². The van der Waals surface area contributed by atoms with Gasteiger partial charge in [-0.15, -0.1) is 0 Å². The summed E-state index contributed by atoms with van der Waals surface area (Å²) in [4.78, 5) is 12.1. The third kappa shape index (κ3) is 8.73. The SMILES string of the molecule is CN(C=O)CCCCCCCCCCc1ccccc1. The number of rotatable bonds is 12. The lowest BCUT2D eigenvalue weighted by Crippen LogP contribution is -2.16. The lowest BCUT2D eigenvalue weighted by molar-refractivity contribution is -0.117. The van der Waals surface area contributed by atoms with Gasteiger partial charge in [0.2, 0.25) is 6.41 Å². The average Bonchev–Trinajstić information content (AvgIpc) is 2.50. The van der Waals surface area contributed by atoms with Crippen molar-refractivity contribution in [3.8, 4) is 0 Å². The van der Waals surface area contributed by atoms with Gasteiger partial charge in [-0.1, -0.05) is 68.9 Å². The van der Waals surface area contributed by atoms with Gasteiger partial charge in [0.25, 0.3) is 0 Å². The topological polar surface area (TPSA) is 20.3 Å². The standard InChI is InChI=1S/C18H29NO/c1-19(17-20)16-12-7-5-3-2-4-6-9-13-18-14-10-8-11-15-18/h8,10-11,14-15,17H,2-7,9,12-13,16H2,1H3. The number of hydrogen-bond donors (Lipinski definition) is 0. The molecule has 0 saturated heterocycles. The zero-order chi connectivity index (χ0) is 14.5. The maximum Gasteiger partial charge on any atom is 0.209 e. The van der Waals surface area contributed by atoms with E-state index >= 15 is 0 Å². The summed E-state index contributed by atoms with van der Waals surface area (Å²) in [6, 6.07) is 10.8. The molecule has 0 aliphatic carbocycles. The van der Waals surface area contributed by atoms with Crippen LogP contribution in [0, 0.1) is 0 Å². The van der Waals surface area contributed by atoms with Crippen molar-refractivity contribution in [3.63, 3.8) is 0 Å². The summed E-state index contributed by atoms with van der Waals surface area (Å²) in [5.41, 5.74) is 1.46. The van der Waals surface area contributed by atoms with Crippen molar-refractivity contribution in [2.24, 2.45) is 0 Å². The number of unbranched alkanes of at least 4 members (excludes halogenated alkanes) is 7. The fraction of sp³-hybridized carbons (Fsp3) is 0.611.